The molecule has 0 radical (unpaired) electrons. The van der Waals surface area contributed by atoms with Crippen molar-refractivity contribution in [2.75, 3.05) is 12.0 Å². The molecule has 0 saturated heterocycles. The van der Waals surface area contributed by atoms with Gasteiger partial charge in [0.15, 0.2) is 5.82 Å². The van der Waals surface area contributed by atoms with Gasteiger partial charge in [0.05, 0.1) is 12.1 Å². The number of nitrogens with zero attached hydrogens (tertiary/aromatic N) is 4. The zero-order chi connectivity index (χ0) is 17.7. The Labute approximate surface area is 141 Å². The lowest BCUT2D eigenvalue weighted by atomic mass is 10.2. The highest BCUT2D eigenvalue weighted by molar-refractivity contribution is 7.98. The number of hydrogen-bond donors (Lipinski definition) is 0. The van der Waals surface area contributed by atoms with Crippen molar-refractivity contribution < 1.29 is 13.2 Å². The predicted molar refractivity (Wildman–Crippen MR) is 87.2 cm³/mol. The molecule has 0 atom stereocenters. The Hall–Kier alpha value is -1.77. The van der Waals surface area contributed by atoms with E-state index in [9.17, 15) is 18.0 Å². The maximum atomic E-state index is 12.8. The molecule has 2 aromatic rings. The monoisotopic (exact) mass is 360 g/mol. The van der Waals surface area contributed by atoms with E-state index < -0.39 is 17.3 Å². The number of rotatable bonds is 7. The van der Waals surface area contributed by atoms with Gasteiger partial charge in [0.1, 0.15) is 5.82 Å². The van der Waals surface area contributed by atoms with Crippen LogP contribution in [0.25, 0.3) is 0 Å². The fourth-order valence-corrected chi connectivity index (χ4v) is 2.59. The summed E-state index contributed by atoms with van der Waals surface area (Å²) in [5.74, 6) is 2.00. The fourth-order valence-electron chi connectivity index (χ4n) is 2.21. The molecule has 0 spiro atoms. The summed E-state index contributed by atoms with van der Waals surface area (Å²) in [5, 5.41) is 4.39. The van der Waals surface area contributed by atoms with Crippen molar-refractivity contribution in [3.05, 3.63) is 45.9 Å². The molecule has 0 aliphatic heterocycles. The van der Waals surface area contributed by atoms with E-state index >= 15 is 0 Å². The molecule has 0 amide bonds. The first-order valence-corrected chi connectivity index (χ1v) is 8.93. The van der Waals surface area contributed by atoms with Gasteiger partial charge in [-0.3, -0.25) is 4.79 Å². The largest absolute Gasteiger partial charge is 0.417 e. The maximum Gasteiger partial charge on any atom is 0.417 e. The van der Waals surface area contributed by atoms with Gasteiger partial charge in [-0.1, -0.05) is 6.92 Å². The second kappa shape index (κ2) is 7.87. The topological polar surface area (TPSA) is 52.7 Å². The minimum atomic E-state index is -4.49. The number of hydrogen-bond acceptors (Lipinski definition) is 4. The van der Waals surface area contributed by atoms with Crippen LogP contribution in [0, 0.1) is 0 Å². The van der Waals surface area contributed by atoms with Crippen LogP contribution < -0.4 is 5.56 Å². The van der Waals surface area contributed by atoms with Gasteiger partial charge >= 0.3 is 6.18 Å². The smallest absolute Gasteiger partial charge is 0.307 e. The van der Waals surface area contributed by atoms with E-state index in [2.05, 4.69) is 10.1 Å². The van der Waals surface area contributed by atoms with Crippen molar-refractivity contribution in [2.24, 2.45) is 0 Å². The summed E-state index contributed by atoms with van der Waals surface area (Å²) < 4.78 is 41.2. The molecular formula is C15H19F3N4OS. The van der Waals surface area contributed by atoms with Crippen LogP contribution in [0.3, 0.4) is 0 Å². The van der Waals surface area contributed by atoms with E-state index in [1.54, 1.807) is 16.4 Å². The summed E-state index contributed by atoms with van der Waals surface area (Å²) in [4.78, 5) is 16.3. The van der Waals surface area contributed by atoms with Gasteiger partial charge in [0, 0.05) is 31.0 Å². The van der Waals surface area contributed by atoms with Crippen LogP contribution in [0.2, 0.25) is 0 Å². The summed E-state index contributed by atoms with van der Waals surface area (Å²) in [5.41, 5.74) is -1.36. The third-order valence-corrected chi connectivity index (χ3v) is 3.99. The van der Waals surface area contributed by atoms with E-state index in [1.165, 1.54) is 0 Å². The zero-order valence-electron chi connectivity index (χ0n) is 13.5. The molecule has 0 N–H and O–H groups in total. The molecule has 5 nitrogen and oxygen atoms in total. The second-order valence-electron chi connectivity index (χ2n) is 5.29. The van der Waals surface area contributed by atoms with Gasteiger partial charge in [-0.15, -0.1) is 0 Å². The third-order valence-electron chi connectivity index (χ3n) is 3.38. The number of thioether (sulfide) groups is 1. The van der Waals surface area contributed by atoms with Crippen molar-refractivity contribution in [1.29, 1.82) is 0 Å². The quantitative estimate of drug-likeness (QED) is 0.762. The highest BCUT2D eigenvalue weighted by Gasteiger charge is 2.31. The first-order chi connectivity index (χ1) is 11.3. The SMILES string of the molecule is CCCn1nc(CCSC)nc1Cn1cc(C(F)(F)F)ccc1=O. The third kappa shape index (κ3) is 4.62. The van der Waals surface area contributed by atoms with Crippen LogP contribution in [-0.4, -0.2) is 31.3 Å². The van der Waals surface area contributed by atoms with E-state index in [-0.39, 0.29) is 6.54 Å². The first-order valence-electron chi connectivity index (χ1n) is 7.54. The lowest BCUT2D eigenvalue weighted by Crippen LogP contribution is -2.23. The molecule has 2 aromatic heterocycles. The number of halogens is 3. The Balaban J connectivity index is 2.32. The molecule has 0 fully saturated rings. The average Bonchev–Trinajstić information content (AvgIpc) is 2.88. The normalized spacial score (nSPS) is 11.9. The summed E-state index contributed by atoms with van der Waals surface area (Å²) in [6.45, 7) is 2.55. The van der Waals surface area contributed by atoms with Crippen LogP contribution >= 0.6 is 11.8 Å². The van der Waals surface area contributed by atoms with Gasteiger partial charge in [-0.05, 0) is 18.7 Å². The predicted octanol–water partition coefficient (Wildman–Crippen LogP) is 2.82. The number of aryl methyl sites for hydroxylation is 2. The lowest BCUT2D eigenvalue weighted by molar-refractivity contribution is -0.138. The molecule has 132 valence electrons. The van der Waals surface area contributed by atoms with Crippen molar-refractivity contribution in [3.63, 3.8) is 0 Å². The van der Waals surface area contributed by atoms with E-state index in [0.717, 1.165) is 35.1 Å². The Kier molecular flexibility index (Phi) is 6.09. The Morgan fingerprint density at radius 2 is 2.04 bits per heavy atom. The Morgan fingerprint density at radius 1 is 1.29 bits per heavy atom. The van der Waals surface area contributed by atoms with Crippen molar-refractivity contribution in [2.45, 2.75) is 39.0 Å². The highest BCUT2D eigenvalue weighted by atomic mass is 32.2. The fraction of sp³-hybridized carbons (Fsp3) is 0.533. The molecule has 0 unspecified atom stereocenters. The molecule has 0 bridgehead atoms. The van der Waals surface area contributed by atoms with Crippen molar-refractivity contribution in [3.8, 4) is 0 Å². The van der Waals surface area contributed by atoms with E-state index in [1.807, 2.05) is 13.2 Å². The van der Waals surface area contributed by atoms with Gasteiger partial charge in [-0.2, -0.15) is 30.0 Å². The molecule has 9 heteroatoms. The molecule has 0 aliphatic carbocycles. The van der Waals surface area contributed by atoms with Crippen LogP contribution in [-0.2, 0) is 25.7 Å². The Bertz CT molecular complexity index is 739. The lowest BCUT2D eigenvalue weighted by Gasteiger charge is -2.11. The van der Waals surface area contributed by atoms with Gasteiger partial charge in [0.2, 0.25) is 0 Å². The number of alkyl halides is 3. The second-order valence-corrected chi connectivity index (χ2v) is 6.28. The summed E-state index contributed by atoms with van der Waals surface area (Å²) in [7, 11) is 0. The minimum absolute atomic E-state index is 0.0327. The van der Waals surface area contributed by atoms with E-state index in [4.69, 9.17) is 0 Å². The molecule has 0 saturated carbocycles. The molecule has 2 heterocycles. The van der Waals surface area contributed by atoms with E-state index in [0.29, 0.717) is 24.6 Å². The Morgan fingerprint density at radius 3 is 2.67 bits per heavy atom. The van der Waals surface area contributed by atoms with Crippen molar-refractivity contribution in [1.82, 2.24) is 19.3 Å². The summed E-state index contributed by atoms with van der Waals surface area (Å²) in [6.07, 6.45) is -0.185. The minimum Gasteiger partial charge on any atom is -0.307 e. The van der Waals surface area contributed by atoms with Crippen LogP contribution in [0.5, 0.6) is 0 Å². The molecular weight excluding hydrogens is 341 g/mol. The molecule has 0 aromatic carbocycles. The first kappa shape index (κ1) is 18.6. The van der Waals surface area contributed by atoms with Gasteiger partial charge < -0.3 is 4.57 Å². The highest BCUT2D eigenvalue weighted by Crippen LogP contribution is 2.28. The standard InChI is InChI=1S/C15H19F3N4OS/c1-3-7-22-13(19-12(20-22)6-8-24-2)10-21-9-11(15(16,17)18)4-5-14(21)23/h4-5,9H,3,6-8,10H2,1-2H3. The van der Waals surface area contributed by atoms with Crippen LogP contribution in [0.4, 0.5) is 13.2 Å². The molecule has 24 heavy (non-hydrogen) atoms. The molecule has 2 rings (SSSR count). The maximum absolute atomic E-state index is 12.8. The van der Waals surface area contributed by atoms with Crippen LogP contribution in [0.15, 0.2) is 23.1 Å². The van der Waals surface area contributed by atoms with Crippen molar-refractivity contribution >= 4 is 11.8 Å². The summed E-state index contributed by atoms with van der Waals surface area (Å²) >= 11 is 1.67. The number of aromatic nitrogens is 4. The molecule has 0 aliphatic rings. The van der Waals surface area contributed by atoms with Gasteiger partial charge in [-0.25, -0.2) is 9.67 Å². The van der Waals surface area contributed by atoms with Gasteiger partial charge in [0.25, 0.3) is 5.56 Å². The number of pyridine rings is 1. The van der Waals surface area contributed by atoms with Crippen LogP contribution in [0.1, 0.15) is 30.6 Å². The summed E-state index contributed by atoms with van der Waals surface area (Å²) in [6, 6.07) is 1.72. The average molecular weight is 360 g/mol. The zero-order valence-corrected chi connectivity index (χ0v) is 14.3.